The standard InChI is InChI=1S/C14H16N2O2/c1-10-3-5-12(6-4-10)7-8-13(17)15-14-9-11(2)16-18-14/h3-6,9H,7-8H2,1-2H3,(H,15,17). The minimum atomic E-state index is -0.0632. The van der Waals surface area contributed by atoms with E-state index in [2.05, 4.69) is 10.5 Å². The number of nitrogens with one attached hydrogen (secondary N) is 1. The van der Waals surface area contributed by atoms with Crippen molar-refractivity contribution in [1.82, 2.24) is 5.16 Å². The molecule has 0 aliphatic carbocycles. The summed E-state index contributed by atoms with van der Waals surface area (Å²) in [6.45, 7) is 3.86. The molecule has 1 aromatic carbocycles. The van der Waals surface area contributed by atoms with E-state index in [1.54, 1.807) is 6.07 Å². The van der Waals surface area contributed by atoms with Gasteiger partial charge >= 0.3 is 0 Å². The molecule has 0 radical (unpaired) electrons. The van der Waals surface area contributed by atoms with Crippen molar-refractivity contribution >= 4 is 11.8 Å². The molecule has 0 aliphatic heterocycles. The van der Waals surface area contributed by atoms with Crippen LogP contribution in [0.15, 0.2) is 34.9 Å². The number of nitrogens with zero attached hydrogens (tertiary/aromatic N) is 1. The summed E-state index contributed by atoms with van der Waals surface area (Å²) in [6, 6.07) is 9.88. The van der Waals surface area contributed by atoms with Gasteiger partial charge in [0, 0.05) is 12.5 Å². The number of hydrogen-bond donors (Lipinski definition) is 1. The third-order valence-electron chi connectivity index (χ3n) is 2.65. The highest BCUT2D eigenvalue weighted by molar-refractivity contribution is 5.89. The molecule has 1 heterocycles. The van der Waals surface area contributed by atoms with Crippen molar-refractivity contribution in [3.63, 3.8) is 0 Å². The van der Waals surface area contributed by atoms with Gasteiger partial charge in [0.25, 0.3) is 0 Å². The summed E-state index contributed by atoms with van der Waals surface area (Å²) >= 11 is 0. The SMILES string of the molecule is Cc1ccc(CCC(=O)Nc2cc(C)no2)cc1. The summed E-state index contributed by atoms with van der Waals surface area (Å²) in [5.74, 6) is 0.341. The fourth-order valence-corrected chi connectivity index (χ4v) is 1.64. The van der Waals surface area contributed by atoms with Crippen LogP contribution in [0.1, 0.15) is 23.2 Å². The second-order valence-electron chi connectivity index (χ2n) is 4.37. The van der Waals surface area contributed by atoms with E-state index in [1.807, 2.05) is 38.1 Å². The van der Waals surface area contributed by atoms with Crippen LogP contribution in [-0.2, 0) is 11.2 Å². The first-order chi connectivity index (χ1) is 8.63. The van der Waals surface area contributed by atoms with Gasteiger partial charge in [0.05, 0.1) is 5.69 Å². The first-order valence-corrected chi connectivity index (χ1v) is 5.92. The van der Waals surface area contributed by atoms with E-state index in [-0.39, 0.29) is 5.91 Å². The summed E-state index contributed by atoms with van der Waals surface area (Å²) in [5.41, 5.74) is 3.13. The van der Waals surface area contributed by atoms with Gasteiger partial charge in [0.2, 0.25) is 11.8 Å². The Hall–Kier alpha value is -2.10. The first kappa shape index (κ1) is 12.4. The summed E-state index contributed by atoms with van der Waals surface area (Å²) in [5, 5.41) is 6.38. The molecule has 0 fully saturated rings. The first-order valence-electron chi connectivity index (χ1n) is 5.92. The molecule has 0 aliphatic rings. The molecule has 4 heteroatoms. The zero-order valence-electron chi connectivity index (χ0n) is 10.6. The molecule has 0 unspecified atom stereocenters. The minimum Gasteiger partial charge on any atom is -0.338 e. The highest BCUT2D eigenvalue weighted by Gasteiger charge is 2.06. The van der Waals surface area contributed by atoms with Gasteiger partial charge in [-0.2, -0.15) is 0 Å². The number of hydrogen-bond acceptors (Lipinski definition) is 3. The van der Waals surface area contributed by atoms with Crippen molar-refractivity contribution in [2.24, 2.45) is 0 Å². The number of carbonyl (C=O) groups excluding carboxylic acids is 1. The van der Waals surface area contributed by atoms with Crippen molar-refractivity contribution in [1.29, 1.82) is 0 Å². The Morgan fingerprint density at radius 2 is 2.00 bits per heavy atom. The third kappa shape index (κ3) is 3.45. The van der Waals surface area contributed by atoms with Crippen LogP contribution >= 0.6 is 0 Å². The number of amides is 1. The quantitative estimate of drug-likeness (QED) is 0.899. The van der Waals surface area contributed by atoms with E-state index in [4.69, 9.17) is 4.52 Å². The summed E-state index contributed by atoms with van der Waals surface area (Å²) in [6.07, 6.45) is 1.15. The van der Waals surface area contributed by atoms with E-state index < -0.39 is 0 Å². The Labute approximate surface area is 106 Å². The predicted octanol–water partition coefficient (Wildman–Crippen LogP) is 2.86. The molecule has 1 N–H and O–H groups in total. The number of aromatic nitrogens is 1. The summed E-state index contributed by atoms with van der Waals surface area (Å²) < 4.78 is 4.92. The van der Waals surface area contributed by atoms with E-state index in [1.165, 1.54) is 5.56 Å². The smallest absolute Gasteiger partial charge is 0.231 e. The van der Waals surface area contributed by atoms with E-state index >= 15 is 0 Å². The van der Waals surface area contributed by atoms with Gasteiger partial charge in [-0.15, -0.1) is 0 Å². The maximum Gasteiger partial charge on any atom is 0.231 e. The Bertz CT molecular complexity index is 529. The molecule has 2 aromatic rings. The van der Waals surface area contributed by atoms with Gasteiger partial charge in [-0.25, -0.2) is 0 Å². The lowest BCUT2D eigenvalue weighted by molar-refractivity contribution is -0.116. The average molecular weight is 244 g/mol. The van der Waals surface area contributed by atoms with Crippen LogP contribution in [0, 0.1) is 13.8 Å². The number of aryl methyl sites for hydroxylation is 3. The molecule has 0 bridgehead atoms. The normalized spacial score (nSPS) is 10.3. The highest BCUT2D eigenvalue weighted by Crippen LogP contribution is 2.10. The average Bonchev–Trinajstić information content (AvgIpc) is 2.74. The van der Waals surface area contributed by atoms with Crippen molar-refractivity contribution < 1.29 is 9.32 Å². The largest absolute Gasteiger partial charge is 0.338 e. The molecular weight excluding hydrogens is 228 g/mol. The van der Waals surface area contributed by atoms with Crippen LogP contribution in [0.4, 0.5) is 5.88 Å². The molecule has 0 saturated heterocycles. The number of carbonyl (C=O) groups is 1. The van der Waals surface area contributed by atoms with Crippen LogP contribution in [0.3, 0.4) is 0 Å². The van der Waals surface area contributed by atoms with Crippen molar-refractivity contribution in [2.75, 3.05) is 5.32 Å². The molecule has 0 atom stereocenters. The molecule has 0 spiro atoms. The molecule has 18 heavy (non-hydrogen) atoms. The Morgan fingerprint density at radius 1 is 1.28 bits per heavy atom. The molecular formula is C14H16N2O2. The molecule has 94 valence electrons. The fraction of sp³-hybridized carbons (Fsp3) is 0.286. The lowest BCUT2D eigenvalue weighted by atomic mass is 10.1. The van der Waals surface area contributed by atoms with Gasteiger partial charge in [-0.1, -0.05) is 35.0 Å². The van der Waals surface area contributed by atoms with Gasteiger partial charge < -0.3 is 4.52 Å². The molecule has 2 rings (SSSR count). The second-order valence-corrected chi connectivity index (χ2v) is 4.37. The van der Waals surface area contributed by atoms with Crippen molar-refractivity contribution in [3.8, 4) is 0 Å². The third-order valence-corrected chi connectivity index (χ3v) is 2.65. The van der Waals surface area contributed by atoms with Crippen molar-refractivity contribution in [2.45, 2.75) is 26.7 Å². The van der Waals surface area contributed by atoms with Crippen LogP contribution in [0.5, 0.6) is 0 Å². The lowest BCUT2D eigenvalue weighted by Gasteiger charge is -2.02. The minimum absolute atomic E-state index is 0.0632. The molecule has 0 saturated carbocycles. The molecule has 1 aromatic heterocycles. The van der Waals surface area contributed by atoms with E-state index in [0.717, 1.165) is 17.7 Å². The maximum absolute atomic E-state index is 11.7. The Morgan fingerprint density at radius 3 is 2.61 bits per heavy atom. The summed E-state index contributed by atoms with van der Waals surface area (Å²) in [4.78, 5) is 11.7. The highest BCUT2D eigenvalue weighted by atomic mass is 16.5. The topological polar surface area (TPSA) is 55.1 Å². The monoisotopic (exact) mass is 244 g/mol. The molecule has 1 amide bonds. The Balaban J connectivity index is 1.83. The fourth-order valence-electron chi connectivity index (χ4n) is 1.64. The lowest BCUT2D eigenvalue weighted by Crippen LogP contribution is -2.11. The van der Waals surface area contributed by atoms with E-state index in [9.17, 15) is 4.79 Å². The number of rotatable bonds is 4. The summed E-state index contributed by atoms with van der Waals surface area (Å²) in [7, 11) is 0. The van der Waals surface area contributed by atoms with Gasteiger partial charge in [-0.05, 0) is 25.8 Å². The van der Waals surface area contributed by atoms with Crippen LogP contribution in [0.25, 0.3) is 0 Å². The zero-order chi connectivity index (χ0) is 13.0. The molecule has 4 nitrogen and oxygen atoms in total. The van der Waals surface area contributed by atoms with Crippen LogP contribution in [0.2, 0.25) is 0 Å². The number of anilines is 1. The predicted molar refractivity (Wildman–Crippen MR) is 69.4 cm³/mol. The van der Waals surface area contributed by atoms with Crippen LogP contribution in [-0.4, -0.2) is 11.1 Å². The van der Waals surface area contributed by atoms with Crippen LogP contribution < -0.4 is 5.32 Å². The zero-order valence-corrected chi connectivity index (χ0v) is 10.6. The van der Waals surface area contributed by atoms with Gasteiger partial charge in [0.15, 0.2) is 0 Å². The second kappa shape index (κ2) is 5.49. The van der Waals surface area contributed by atoms with Crippen molar-refractivity contribution in [3.05, 3.63) is 47.2 Å². The van der Waals surface area contributed by atoms with Gasteiger partial charge in [-0.3, -0.25) is 10.1 Å². The van der Waals surface area contributed by atoms with E-state index in [0.29, 0.717) is 12.3 Å². The number of benzene rings is 1. The van der Waals surface area contributed by atoms with Gasteiger partial charge in [0.1, 0.15) is 0 Å². The maximum atomic E-state index is 11.7. The Kier molecular flexibility index (Phi) is 3.77.